The van der Waals surface area contributed by atoms with E-state index in [9.17, 15) is 13.6 Å². The molecule has 0 atom stereocenters. The molecule has 16 heavy (non-hydrogen) atoms. The first-order chi connectivity index (χ1) is 7.56. The molecule has 5 nitrogen and oxygen atoms in total. The molecule has 90 valence electrons. The van der Waals surface area contributed by atoms with Gasteiger partial charge in [-0.2, -0.15) is 0 Å². The van der Waals surface area contributed by atoms with Crippen LogP contribution in [0.2, 0.25) is 0 Å². The molecule has 1 aromatic heterocycles. The fourth-order valence-corrected chi connectivity index (χ4v) is 1.04. The molecule has 0 aromatic carbocycles. The molecule has 0 aliphatic carbocycles. The number of carboxylic acid groups (broad SMARTS) is 1. The first-order valence-electron chi connectivity index (χ1n) is 4.65. The minimum Gasteiger partial charge on any atom is -0.475 e. The number of alkyl halides is 2. The van der Waals surface area contributed by atoms with E-state index in [1.807, 2.05) is 6.92 Å². The Morgan fingerprint density at radius 3 is 2.75 bits per heavy atom. The zero-order valence-corrected chi connectivity index (χ0v) is 8.57. The lowest BCUT2D eigenvalue weighted by Gasteiger charge is -1.96. The average molecular weight is 235 g/mol. The van der Waals surface area contributed by atoms with Crippen LogP contribution in [-0.4, -0.2) is 22.7 Å². The van der Waals surface area contributed by atoms with E-state index >= 15 is 0 Å². The standard InChI is InChI=1S/C9H11F2NO4/c1-2-3-15-4-5-12-6(8(10)11)7(16-5)9(13)14/h8H,2-4H2,1H3,(H,13,14). The van der Waals surface area contributed by atoms with Crippen molar-refractivity contribution in [1.29, 1.82) is 0 Å². The van der Waals surface area contributed by atoms with Crippen LogP contribution in [0.5, 0.6) is 0 Å². The second kappa shape index (κ2) is 5.55. The maximum Gasteiger partial charge on any atom is 0.374 e. The van der Waals surface area contributed by atoms with Gasteiger partial charge in [-0.25, -0.2) is 18.6 Å². The minimum absolute atomic E-state index is 0.110. The van der Waals surface area contributed by atoms with Crippen molar-refractivity contribution in [2.24, 2.45) is 0 Å². The van der Waals surface area contributed by atoms with Crippen molar-refractivity contribution in [2.45, 2.75) is 26.4 Å². The summed E-state index contributed by atoms with van der Waals surface area (Å²) in [5.74, 6) is -2.55. The fraction of sp³-hybridized carbons (Fsp3) is 0.556. The van der Waals surface area contributed by atoms with Crippen LogP contribution in [-0.2, 0) is 11.3 Å². The van der Waals surface area contributed by atoms with Gasteiger partial charge in [-0.15, -0.1) is 0 Å². The highest BCUT2D eigenvalue weighted by molar-refractivity contribution is 5.85. The van der Waals surface area contributed by atoms with Crippen molar-refractivity contribution in [3.8, 4) is 0 Å². The monoisotopic (exact) mass is 235 g/mol. The quantitative estimate of drug-likeness (QED) is 0.765. The number of nitrogens with zero attached hydrogens (tertiary/aromatic N) is 1. The van der Waals surface area contributed by atoms with E-state index < -0.39 is 23.8 Å². The summed E-state index contributed by atoms with van der Waals surface area (Å²) in [6, 6.07) is 0. The number of oxazole rings is 1. The van der Waals surface area contributed by atoms with E-state index in [1.165, 1.54) is 0 Å². The maximum atomic E-state index is 12.4. The lowest BCUT2D eigenvalue weighted by molar-refractivity contribution is 0.0632. The molecule has 0 radical (unpaired) electrons. The van der Waals surface area contributed by atoms with E-state index in [2.05, 4.69) is 9.40 Å². The largest absolute Gasteiger partial charge is 0.475 e. The summed E-state index contributed by atoms with van der Waals surface area (Å²) in [6.07, 6.45) is -2.22. The van der Waals surface area contributed by atoms with Crippen molar-refractivity contribution in [3.63, 3.8) is 0 Å². The molecule has 7 heteroatoms. The Labute approximate surface area is 90.0 Å². The Morgan fingerprint density at radius 2 is 2.31 bits per heavy atom. The van der Waals surface area contributed by atoms with Gasteiger partial charge < -0.3 is 14.3 Å². The molecule has 0 aliphatic heterocycles. The van der Waals surface area contributed by atoms with Crippen molar-refractivity contribution in [3.05, 3.63) is 17.3 Å². The van der Waals surface area contributed by atoms with Gasteiger partial charge in [0.05, 0.1) is 0 Å². The fourth-order valence-electron chi connectivity index (χ4n) is 1.04. The highest BCUT2D eigenvalue weighted by Gasteiger charge is 2.26. The van der Waals surface area contributed by atoms with Gasteiger partial charge in [-0.1, -0.05) is 6.92 Å². The average Bonchev–Trinajstić information content (AvgIpc) is 2.62. The molecular formula is C9H11F2NO4. The summed E-state index contributed by atoms with van der Waals surface area (Å²) >= 11 is 0. The van der Waals surface area contributed by atoms with Gasteiger partial charge in [0.1, 0.15) is 6.61 Å². The number of rotatable bonds is 6. The SMILES string of the molecule is CCCOCc1nc(C(F)F)c(C(=O)O)o1. The number of ether oxygens (including phenoxy) is 1. The smallest absolute Gasteiger partial charge is 0.374 e. The van der Waals surface area contributed by atoms with Crippen LogP contribution in [0.4, 0.5) is 8.78 Å². The highest BCUT2D eigenvalue weighted by atomic mass is 19.3. The summed E-state index contributed by atoms with van der Waals surface area (Å²) < 4.78 is 34.4. The normalized spacial score (nSPS) is 11.0. The third kappa shape index (κ3) is 2.99. The lowest BCUT2D eigenvalue weighted by Crippen LogP contribution is -1.99. The topological polar surface area (TPSA) is 72.6 Å². The van der Waals surface area contributed by atoms with Gasteiger partial charge in [0, 0.05) is 6.61 Å². The Balaban J connectivity index is 2.80. The molecule has 0 unspecified atom stereocenters. The zero-order valence-electron chi connectivity index (χ0n) is 8.57. The zero-order chi connectivity index (χ0) is 12.1. The molecule has 0 fully saturated rings. The second-order valence-electron chi connectivity index (χ2n) is 2.98. The summed E-state index contributed by atoms with van der Waals surface area (Å²) in [5, 5.41) is 8.59. The Morgan fingerprint density at radius 1 is 1.62 bits per heavy atom. The number of hydrogen-bond donors (Lipinski definition) is 1. The maximum absolute atomic E-state index is 12.4. The van der Waals surface area contributed by atoms with E-state index in [1.54, 1.807) is 0 Å². The molecule has 0 spiro atoms. The highest BCUT2D eigenvalue weighted by Crippen LogP contribution is 2.23. The van der Waals surface area contributed by atoms with Gasteiger partial charge in [0.25, 0.3) is 6.43 Å². The lowest BCUT2D eigenvalue weighted by atomic mass is 10.3. The number of hydrogen-bond acceptors (Lipinski definition) is 4. The first kappa shape index (κ1) is 12.6. The Bertz CT molecular complexity index is 364. The Kier molecular flexibility index (Phi) is 4.36. The van der Waals surface area contributed by atoms with Gasteiger partial charge in [0.15, 0.2) is 5.69 Å². The predicted octanol–water partition coefficient (Wildman–Crippen LogP) is 2.24. The molecule has 0 saturated heterocycles. The second-order valence-corrected chi connectivity index (χ2v) is 2.98. The van der Waals surface area contributed by atoms with Crippen LogP contribution >= 0.6 is 0 Å². The van der Waals surface area contributed by atoms with E-state index in [-0.39, 0.29) is 12.5 Å². The van der Waals surface area contributed by atoms with Gasteiger partial charge in [-0.05, 0) is 6.42 Å². The number of halogens is 2. The van der Waals surface area contributed by atoms with E-state index in [0.29, 0.717) is 6.61 Å². The molecule has 1 heterocycles. The molecule has 0 aliphatic rings. The van der Waals surface area contributed by atoms with Crippen LogP contribution in [0.3, 0.4) is 0 Å². The molecule has 0 saturated carbocycles. The number of aromatic carboxylic acids is 1. The number of carbonyl (C=O) groups is 1. The van der Waals surface area contributed by atoms with Crippen LogP contribution in [0, 0.1) is 0 Å². The van der Waals surface area contributed by atoms with Crippen LogP contribution in [0.1, 0.15) is 41.9 Å². The summed E-state index contributed by atoms with van der Waals surface area (Å²) in [7, 11) is 0. The third-order valence-electron chi connectivity index (χ3n) is 1.67. The van der Waals surface area contributed by atoms with Crippen LogP contribution in [0.25, 0.3) is 0 Å². The van der Waals surface area contributed by atoms with Crippen molar-refractivity contribution < 1.29 is 27.8 Å². The van der Waals surface area contributed by atoms with Crippen molar-refractivity contribution in [2.75, 3.05) is 6.61 Å². The molecular weight excluding hydrogens is 224 g/mol. The molecule has 0 amide bonds. The minimum atomic E-state index is -2.98. The van der Waals surface area contributed by atoms with E-state index in [4.69, 9.17) is 9.84 Å². The van der Waals surface area contributed by atoms with Gasteiger partial charge >= 0.3 is 5.97 Å². The summed E-state index contributed by atoms with van der Waals surface area (Å²) in [4.78, 5) is 13.9. The molecule has 0 bridgehead atoms. The van der Waals surface area contributed by atoms with E-state index in [0.717, 1.165) is 6.42 Å². The predicted molar refractivity (Wildman–Crippen MR) is 48.4 cm³/mol. The van der Waals surface area contributed by atoms with Crippen LogP contribution < -0.4 is 0 Å². The molecule has 1 N–H and O–H groups in total. The first-order valence-corrected chi connectivity index (χ1v) is 4.65. The molecule has 1 aromatic rings. The molecule has 1 rings (SSSR count). The third-order valence-corrected chi connectivity index (χ3v) is 1.67. The van der Waals surface area contributed by atoms with Gasteiger partial charge in [0.2, 0.25) is 11.7 Å². The van der Waals surface area contributed by atoms with Crippen molar-refractivity contribution >= 4 is 5.97 Å². The summed E-state index contributed by atoms with van der Waals surface area (Å²) in [5.41, 5.74) is -0.859. The number of aromatic nitrogens is 1. The van der Waals surface area contributed by atoms with Gasteiger partial charge in [-0.3, -0.25) is 0 Å². The number of carboxylic acids is 1. The van der Waals surface area contributed by atoms with Crippen LogP contribution in [0.15, 0.2) is 4.42 Å². The summed E-state index contributed by atoms with van der Waals surface area (Å²) in [6.45, 7) is 2.19. The van der Waals surface area contributed by atoms with Crippen molar-refractivity contribution in [1.82, 2.24) is 4.98 Å². The Hall–Kier alpha value is -1.50.